The summed E-state index contributed by atoms with van der Waals surface area (Å²) in [5, 5.41) is 1.44. The summed E-state index contributed by atoms with van der Waals surface area (Å²) in [4.78, 5) is 11.2. The van der Waals surface area contributed by atoms with Crippen LogP contribution in [0, 0.1) is 0 Å². The van der Waals surface area contributed by atoms with Crippen LogP contribution in [0.4, 0.5) is 0 Å². The number of hydrogen-bond acceptors (Lipinski definition) is 4. The van der Waals surface area contributed by atoms with Crippen molar-refractivity contribution < 1.29 is 19.0 Å². The molecule has 0 heterocycles. The summed E-state index contributed by atoms with van der Waals surface area (Å²) in [5.74, 6) is 1.91. The fourth-order valence-corrected chi connectivity index (χ4v) is 2.04. The minimum absolute atomic E-state index is 0.543. The Hall–Kier alpha value is -2.23. The number of methoxy groups -OCH3 is 3. The average molecular weight is 246 g/mol. The first-order chi connectivity index (χ1) is 8.76. The van der Waals surface area contributed by atoms with Crippen molar-refractivity contribution in [2.75, 3.05) is 21.3 Å². The van der Waals surface area contributed by atoms with Gasteiger partial charge in [-0.25, -0.2) is 0 Å². The number of fused-ring (bicyclic) bond motifs is 1. The van der Waals surface area contributed by atoms with Gasteiger partial charge in [-0.3, -0.25) is 4.79 Å². The molecule has 4 heteroatoms. The Kier molecular flexibility index (Phi) is 3.37. The molecule has 0 saturated carbocycles. The molecule has 0 atom stereocenters. The standard InChI is InChI=1S/C14H14O4/c1-16-10-6-7-12(18-3)14-11(17-2)5-4-9(8-15)13(10)14/h4-8H,1-3H3. The summed E-state index contributed by atoms with van der Waals surface area (Å²) in [6.07, 6.45) is 0.795. The minimum Gasteiger partial charge on any atom is -0.496 e. The van der Waals surface area contributed by atoms with Gasteiger partial charge in [0.2, 0.25) is 0 Å². The first kappa shape index (κ1) is 12.2. The largest absolute Gasteiger partial charge is 0.496 e. The third-order valence-electron chi connectivity index (χ3n) is 2.86. The Labute approximate surface area is 105 Å². The van der Waals surface area contributed by atoms with E-state index in [1.165, 1.54) is 0 Å². The molecule has 0 bridgehead atoms. The molecule has 0 aromatic heterocycles. The van der Waals surface area contributed by atoms with Crippen molar-refractivity contribution in [3.63, 3.8) is 0 Å². The number of hydrogen-bond donors (Lipinski definition) is 0. The lowest BCUT2D eigenvalue weighted by atomic mass is 10.0. The van der Waals surface area contributed by atoms with Gasteiger partial charge in [0.05, 0.1) is 26.7 Å². The van der Waals surface area contributed by atoms with Crippen LogP contribution in [-0.2, 0) is 0 Å². The molecule has 0 saturated heterocycles. The first-order valence-corrected chi connectivity index (χ1v) is 5.43. The number of rotatable bonds is 4. The minimum atomic E-state index is 0.543. The van der Waals surface area contributed by atoms with Crippen LogP contribution in [0.5, 0.6) is 17.2 Å². The molecule has 2 aromatic rings. The number of carbonyl (C=O) groups is 1. The third kappa shape index (κ3) is 1.76. The molecule has 0 aliphatic heterocycles. The van der Waals surface area contributed by atoms with Crippen molar-refractivity contribution in [3.8, 4) is 17.2 Å². The van der Waals surface area contributed by atoms with E-state index in [4.69, 9.17) is 14.2 Å². The van der Waals surface area contributed by atoms with E-state index in [1.807, 2.05) is 0 Å². The summed E-state index contributed by atoms with van der Waals surface area (Å²) in [6.45, 7) is 0. The Morgan fingerprint density at radius 3 is 1.67 bits per heavy atom. The van der Waals surface area contributed by atoms with Crippen molar-refractivity contribution in [1.82, 2.24) is 0 Å². The fourth-order valence-electron chi connectivity index (χ4n) is 2.04. The van der Waals surface area contributed by atoms with Crippen LogP contribution in [0.2, 0.25) is 0 Å². The molecule has 0 fully saturated rings. The number of carbonyl (C=O) groups excluding carboxylic acids is 1. The van der Waals surface area contributed by atoms with E-state index >= 15 is 0 Å². The van der Waals surface area contributed by atoms with Crippen molar-refractivity contribution in [2.45, 2.75) is 0 Å². The van der Waals surface area contributed by atoms with E-state index in [0.717, 1.165) is 11.7 Å². The molecular weight excluding hydrogens is 232 g/mol. The molecule has 2 aromatic carbocycles. The highest BCUT2D eigenvalue weighted by molar-refractivity contribution is 6.07. The maximum atomic E-state index is 11.2. The lowest BCUT2D eigenvalue weighted by molar-refractivity contribution is 0.112. The molecule has 0 N–H and O–H groups in total. The maximum Gasteiger partial charge on any atom is 0.150 e. The monoisotopic (exact) mass is 246 g/mol. The van der Waals surface area contributed by atoms with Gasteiger partial charge in [-0.05, 0) is 24.3 Å². The maximum absolute atomic E-state index is 11.2. The number of ether oxygens (including phenoxy) is 3. The second kappa shape index (κ2) is 4.96. The van der Waals surface area contributed by atoms with Gasteiger partial charge in [0.15, 0.2) is 6.29 Å². The quantitative estimate of drug-likeness (QED) is 0.778. The predicted octanol–water partition coefficient (Wildman–Crippen LogP) is 2.68. The van der Waals surface area contributed by atoms with Gasteiger partial charge in [-0.1, -0.05) is 0 Å². The molecule has 0 aliphatic carbocycles. The zero-order valence-corrected chi connectivity index (χ0v) is 10.5. The van der Waals surface area contributed by atoms with Gasteiger partial charge in [0.25, 0.3) is 0 Å². The van der Waals surface area contributed by atoms with Crippen LogP contribution in [0.3, 0.4) is 0 Å². The van der Waals surface area contributed by atoms with Gasteiger partial charge < -0.3 is 14.2 Å². The molecule has 2 rings (SSSR count). The molecule has 0 radical (unpaired) electrons. The Balaban J connectivity index is 2.96. The molecular formula is C14H14O4. The molecule has 4 nitrogen and oxygen atoms in total. The molecule has 94 valence electrons. The number of aldehydes is 1. The van der Waals surface area contributed by atoms with E-state index in [-0.39, 0.29) is 0 Å². The lowest BCUT2D eigenvalue weighted by Gasteiger charge is -2.14. The van der Waals surface area contributed by atoms with Crippen molar-refractivity contribution in [3.05, 3.63) is 29.8 Å². The second-order valence-electron chi connectivity index (χ2n) is 3.69. The van der Waals surface area contributed by atoms with E-state index in [9.17, 15) is 4.79 Å². The average Bonchev–Trinajstić information content (AvgIpc) is 2.44. The summed E-state index contributed by atoms with van der Waals surface area (Å²) in [6, 6.07) is 7.01. The first-order valence-electron chi connectivity index (χ1n) is 5.43. The predicted molar refractivity (Wildman–Crippen MR) is 69.0 cm³/mol. The third-order valence-corrected chi connectivity index (χ3v) is 2.86. The van der Waals surface area contributed by atoms with Crippen LogP contribution in [0.25, 0.3) is 10.8 Å². The van der Waals surface area contributed by atoms with Crippen LogP contribution in [0.1, 0.15) is 10.4 Å². The van der Waals surface area contributed by atoms with Crippen LogP contribution in [0.15, 0.2) is 24.3 Å². The molecule has 0 spiro atoms. The van der Waals surface area contributed by atoms with Gasteiger partial charge >= 0.3 is 0 Å². The summed E-state index contributed by atoms with van der Waals surface area (Å²) < 4.78 is 15.9. The highest BCUT2D eigenvalue weighted by Gasteiger charge is 2.15. The van der Waals surface area contributed by atoms with Gasteiger partial charge in [0.1, 0.15) is 17.2 Å². The molecule has 0 amide bonds. The number of benzene rings is 2. The van der Waals surface area contributed by atoms with E-state index in [1.54, 1.807) is 45.6 Å². The fraction of sp³-hybridized carbons (Fsp3) is 0.214. The van der Waals surface area contributed by atoms with E-state index in [2.05, 4.69) is 0 Å². The Morgan fingerprint density at radius 2 is 1.22 bits per heavy atom. The van der Waals surface area contributed by atoms with Gasteiger partial charge in [-0.15, -0.1) is 0 Å². The van der Waals surface area contributed by atoms with E-state index < -0.39 is 0 Å². The highest BCUT2D eigenvalue weighted by Crippen LogP contribution is 2.40. The van der Waals surface area contributed by atoms with Crippen molar-refractivity contribution in [1.29, 1.82) is 0 Å². The zero-order chi connectivity index (χ0) is 13.1. The topological polar surface area (TPSA) is 44.8 Å². The van der Waals surface area contributed by atoms with E-state index in [0.29, 0.717) is 28.2 Å². The van der Waals surface area contributed by atoms with Crippen molar-refractivity contribution >= 4 is 17.1 Å². The lowest BCUT2D eigenvalue weighted by Crippen LogP contribution is -1.95. The second-order valence-corrected chi connectivity index (χ2v) is 3.69. The summed E-state index contributed by atoms with van der Waals surface area (Å²) >= 11 is 0. The molecule has 0 unspecified atom stereocenters. The van der Waals surface area contributed by atoms with Crippen molar-refractivity contribution in [2.24, 2.45) is 0 Å². The SMILES string of the molecule is COc1ccc(OC)c2c(OC)ccc(C=O)c12. The zero-order valence-electron chi connectivity index (χ0n) is 10.5. The van der Waals surface area contributed by atoms with Crippen LogP contribution in [-0.4, -0.2) is 27.6 Å². The smallest absolute Gasteiger partial charge is 0.150 e. The Bertz CT molecular complexity index is 580. The van der Waals surface area contributed by atoms with Crippen LogP contribution >= 0.6 is 0 Å². The van der Waals surface area contributed by atoms with Gasteiger partial charge in [0, 0.05) is 10.9 Å². The normalized spacial score (nSPS) is 10.2. The summed E-state index contributed by atoms with van der Waals surface area (Å²) in [5.41, 5.74) is 0.543. The molecule has 18 heavy (non-hydrogen) atoms. The summed E-state index contributed by atoms with van der Waals surface area (Å²) in [7, 11) is 4.72. The van der Waals surface area contributed by atoms with Gasteiger partial charge in [-0.2, -0.15) is 0 Å². The molecule has 0 aliphatic rings. The highest BCUT2D eigenvalue weighted by atomic mass is 16.5. The Morgan fingerprint density at radius 1 is 0.778 bits per heavy atom. The van der Waals surface area contributed by atoms with Crippen LogP contribution < -0.4 is 14.2 Å².